The summed E-state index contributed by atoms with van der Waals surface area (Å²) in [5.74, 6) is 0.189. The first-order chi connectivity index (χ1) is 16.0. The maximum absolute atomic E-state index is 13.5. The smallest absolute Gasteiger partial charge is 0.274 e. The minimum atomic E-state index is -0.325. The van der Waals surface area contributed by atoms with Gasteiger partial charge >= 0.3 is 0 Å². The minimum absolute atomic E-state index is 0.0788. The molecule has 6 heteroatoms. The molecule has 0 saturated carbocycles. The summed E-state index contributed by atoms with van der Waals surface area (Å²) in [6, 6.07) is 22.3. The summed E-state index contributed by atoms with van der Waals surface area (Å²) >= 11 is 0. The summed E-state index contributed by atoms with van der Waals surface area (Å²) in [5.41, 5.74) is 4.26. The second-order valence-corrected chi connectivity index (χ2v) is 8.71. The van der Waals surface area contributed by atoms with Crippen molar-refractivity contribution < 1.29 is 9.72 Å². The topological polar surface area (TPSA) is 75.5 Å². The highest BCUT2D eigenvalue weighted by Gasteiger charge is 2.41. The lowest BCUT2D eigenvalue weighted by molar-refractivity contribution is -0.385. The van der Waals surface area contributed by atoms with Gasteiger partial charge in [0, 0.05) is 25.6 Å². The zero-order chi connectivity index (χ0) is 22.9. The number of nitro groups is 1. The van der Waals surface area contributed by atoms with Crippen LogP contribution in [0.3, 0.4) is 0 Å². The zero-order valence-electron chi connectivity index (χ0n) is 18.3. The third-order valence-corrected chi connectivity index (χ3v) is 6.70. The van der Waals surface area contributed by atoms with Gasteiger partial charge < -0.3 is 10.2 Å². The van der Waals surface area contributed by atoms with Gasteiger partial charge in [0.05, 0.1) is 27.8 Å². The number of rotatable bonds is 5. The largest absolute Gasteiger partial charge is 0.377 e. The quantitative estimate of drug-likeness (QED) is 0.315. The number of nitrogens with zero attached hydrogens (tertiary/aromatic N) is 2. The zero-order valence-corrected chi connectivity index (χ0v) is 18.3. The van der Waals surface area contributed by atoms with Crippen molar-refractivity contribution in [2.75, 3.05) is 12.4 Å². The van der Waals surface area contributed by atoms with Crippen LogP contribution >= 0.6 is 0 Å². The standard InChI is InChI=1S/C27H25N3O3/c1-29(17-18-9-3-2-4-10-18)27(31)23-15-8-14-21-19-12-7-13-20(19)25(28-26(21)23)22-11-5-6-16-24(22)30(32)33/h2-12,14-16,19-20,25,28H,13,17H2,1H3. The molecule has 0 bridgehead atoms. The Hall–Kier alpha value is -3.93. The predicted octanol–water partition coefficient (Wildman–Crippen LogP) is 5.69. The number of carbonyl (C=O) groups is 1. The molecule has 0 saturated heterocycles. The Morgan fingerprint density at radius 1 is 1.03 bits per heavy atom. The Kier molecular flexibility index (Phi) is 5.42. The number of allylic oxidation sites excluding steroid dienone is 2. The normalized spacial score (nSPS) is 20.5. The van der Waals surface area contributed by atoms with Crippen molar-refractivity contribution in [3.8, 4) is 0 Å². The number of hydrogen-bond donors (Lipinski definition) is 1. The highest BCUT2D eigenvalue weighted by atomic mass is 16.6. The number of hydrogen-bond acceptors (Lipinski definition) is 4. The van der Waals surface area contributed by atoms with Gasteiger partial charge in [-0.2, -0.15) is 0 Å². The summed E-state index contributed by atoms with van der Waals surface area (Å²) in [6.45, 7) is 0.503. The van der Waals surface area contributed by atoms with E-state index in [1.165, 1.54) is 0 Å². The predicted molar refractivity (Wildman–Crippen MR) is 128 cm³/mol. The van der Waals surface area contributed by atoms with Gasteiger partial charge in [-0.3, -0.25) is 14.9 Å². The molecule has 1 amide bonds. The third kappa shape index (κ3) is 3.78. The summed E-state index contributed by atoms with van der Waals surface area (Å²) in [6.07, 6.45) is 5.15. The summed E-state index contributed by atoms with van der Waals surface area (Å²) in [7, 11) is 1.80. The summed E-state index contributed by atoms with van der Waals surface area (Å²) in [5, 5.41) is 15.3. The Morgan fingerprint density at radius 3 is 2.55 bits per heavy atom. The lowest BCUT2D eigenvalue weighted by Crippen LogP contribution is -2.33. The highest BCUT2D eigenvalue weighted by molar-refractivity contribution is 6.00. The van der Waals surface area contributed by atoms with Gasteiger partial charge in [-0.25, -0.2) is 0 Å². The molecule has 166 valence electrons. The minimum Gasteiger partial charge on any atom is -0.377 e. The fraction of sp³-hybridized carbons (Fsp3) is 0.222. The van der Waals surface area contributed by atoms with Gasteiger partial charge in [-0.05, 0) is 29.5 Å². The van der Waals surface area contributed by atoms with Crippen LogP contribution in [0.25, 0.3) is 0 Å². The first-order valence-corrected chi connectivity index (χ1v) is 11.1. The van der Waals surface area contributed by atoms with E-state index in [9.17, 15) is 14.9 Å². The number of amides is 1. The van der Waals surface area contributed by atoms with E-state index >= 15 is 0 Å². The van der Waals surface area contributed by atoms with Crippen molar-refractivity contribution in [3.05, 3.63) is 117 Å². The Labute approximate surface area is 192 Å². The number of para-hydroxylation sites is 2. The second kappa shape index (κ2) is 8.54. The van der Waals surface area contributed by atoms with Crippen LogP contribution in [0, 0.1) is 16.0 Å². The molecule has 0 aromatic heterocycles. The van der Waals surface area contributed by atoms with Crippen LogP contribution in [0.1, 0.15) is 45.4 Å². The van der Waals surface area contributed by atoms with Gasteiger partial charge in [-0.15, -0.1) is 0 Å². The molecule has 2 aliphatic rings. The highest BCUT2D eigenvalue weighted by Crippen LogP contribution is 2.51. The molecule has 3 aromatic rings. The van der Waals surface area contributed by atoms with Gasteiger partial charge in [0.2, 0.25) is 0 Å². The average Bonchev–Trinajstić information content (AvgIpc) is 3.33. The van der Waals surface area contributed by atoms with Crippen LogP contribution in [0.15, 0.2) is 84.9 Å². The van der Waals surface area contributed by atoms with Crippen LogP contribution in [0.5, 0.6) is 0 Å². The molecule has 1 aliphatic carbocycles. The Balaban J connectivity index is 1.53. The van der Waals surface area contributed by atoms with Crippen LogP contribution < -0.4 is 5.32 Å². The second-order valence-electron chi connectivity index (χ2n) is 8.71. The van der Waals surface area contributed by atoms with E-state index in [4.69, 9.17) is 0 Å². The summed E-state index contributed by atoms with van der Waals surface area (Å²) < 4.78 is 0. The summed E-state index contributed by atoms with van der Waals surface area (Å²) in [4.78, 5) is 26.6. The van der Waals surface area contributed by atoms with Crippen molar-refractivity contribution in [1.29, 1.82) is 0 Å². The van der Waals surface area contributed by atoms with E-state index in [0.29, 0.717) is 17.7 Å². The molecular formula is C27H25N3O3. The molecule has 0 fully saturated rings. The van der Waals surface area contributed by atoms with Crippen LogP contribution in [0.2, 0.25) is 0 Å². The van der Waals surface area contributed by atoms with E-state index in [1.807, 2.05) is 54.6 Å². The average molecular weight is 440 g/mol. The van der Waals surface area contributed by atoms with Crippen molar-refractivity contribution in [1.82, 2.24) is 4.90 Å². The van der Waals surface area contributed by atoms with Crippen LogP contribution in [-0.4, -0.2) is 22.8 Å². The number of nitro benzene ring substituents is 1. The lowest BCUT2D eigenvalue weighted by atomic mass is 9.76. The van der Waals surface area contributed by atoms with Crippen molar-refractivity contribution in [2.24, 2.45) is 5.92 Å². The third-order valence-electron chi connectivity index (χ3n) is 6.70. The maximum atomic E-state index is 13.5. The Bertz CT molecular complexity index is 1240. The molecule has 0 radical (unpaired) electrons. The van der Waals surface area contributed by atoms with Gasteiger partial charge in [-0.1, -0.05) is 72.8 Å². The molecule has 3 aromatic carbocycles. The van der Waals surface area contributed by atoms with Crippen molar-refractivity contribution >= 4 is 17.3 Å². The van der Waals surface area contributed by atoms with Gasteiger partial charge in [0.15, 0.2) is 0 Å². The van der Waals surface area contributed by atoms with Crippen LogP contribution in [0.4, 0.5) is 11.4 Å². The lowest BCUT2D eigenvalue weighted by Gasteiger charge is -2.38. The van der Waals surface area contributed by atoms with E-state index in [1.54, 1.807) is 24.1 Å². The molecule has 3 atom stereocenters. The van der Waals surface area contributed by atoms with Gasteiger partial charge in [0.25, 0.3) is 11.6 Å². The molecule has 6 nitrogen and oxygen atoms in total. The fourth-order valence-corrected chi connectivity index (χ4v) is 5.16. The molecular weight excluding hydrogens is 414 g/mol. The molecule has 1 N–H and O–H groups in total. The first kappa shape index (κ1) is 20.9. The maximum Gasteiger partial charge on any atom is 0.274 e. The number of nitrogens with one attached hydrogen (secondary N) is 1. The SMILES string of the molecule is CN(Cc1ccccc1)C(=O)c1cccc2c1NC(c1ccccc1[N+](=O)[O-])C1CC=CC21. The molecule has 1 aliphatic heterocycles. The van der Waals surface area contributed by atoms with E-state index < -0.39 is 0 Å². The van der Waals surface area contributed by atoms with E-state index in [0.717, 1.165) is 23.2 Å². The first-order valence-electron chi connectivity index (χ1n) is 11.1. The van der Waals surface area contributed by atoms with Gasteiger partial charge in [0.1, 0.15) is 0 Å². The van der Waals surface area contributed by atoms with Crippen molar-refractivity contribution in [2.45, 2.75) is 24.9 Å². The van der Waals surface area contributed by atoms with E-state index in [-0.39, 0.29) is 34.4 Å². The number of anilines is 1. The van der Waals surface area contributed by atoms with Crippen LogP contribution in [-0.2, 0) is 6.54 Å². The fourth-order valence-electron chi connectivity index (χ4n) is 5.16. The number of carbonyl (C=O) groups excluding carboxylic acids is 1. The Morgan fingerprint density at radius 2 is 1.76 bits per heavy atom. The molecule has 3 unspecified atom stereocenters. The monoisotopic (exact) mass is 439 g/mol. The number of fused-ring (bicyclic) bond motifs is 3. The van der Waals surface area contributed by atoms with Crippen molar-refractivity contribution in [3.63, 3.8) is 0 Å². The van der Waals surface area contributed by atoms with E-state index in [2.05, 4.69) is 23.5 Å². The molecule has 1 heterocycles. The number of benzene rings is 3. The molecule has 0 spiro atoms. The molecule has 5 rings (SSSR count). The molecule has 33 heavy (non-hydrogen) atoms.